The van der Waals surface area contributed by atoms with Crippen molar-refractivity contribution in [3.63, 3.8) is 0 Å². The molecule has 0 radical (unpaired) electrons. The summed E-state index contributed by atoms with van der Waals surface area (Å²) < 4.78 is 14.9. The first kappa shape index (κ1) is 31.3. The number of halogens is 2. The lowest BCUT2D eigenvalue weighted by molar-refractivity contribution is -0.276. The van der Waals surface area contributed by atoms with E-state index in [0.29, 0.717) is 22.8 Å². The number of fused-ring (bicyclic) bond motifs is 1. The number of rotatable bonds is 8. The molecular weight excluding hydrogens is 637 g/mol. The summed E-state index contributed by atoms with van der Waals surface area (Å²) in [5.41, 5.74) is 6.30. The molecule has 4 atom stereocenters. The van der Waals surface area contributed by atoms with Gasteiger partial charge in [0.05, 0.1) is 49.4 Å². The van der Waals surface area contributed by atoms with Crippen molar-refractivity contribution in [2.75, 3.05) is 0 Å². The Morgan fingerprint density at radius 2 is 1.47 bits per heavy atom. The van der Waals surface area contributed by atoms with Crippen molar-refractivity contribution in [1.82, 2.24) is 14.5 Å². The Morgan fingerprint density at radius 1 is 0.787 bits per heavy atom. The number of benzene rings is 4. The zero-order valence-electron chi connectivity index (χ0n) is 25.4. The number of carbonyl (C=O) groups is 2. The van der Waals surface area contributed by atoms with Crippen molar-refractivity contribution in [3.05, 3.63) is 147 Å². The number of aromatic nitrogens is 2. The summed E-state index contributed by atoms with van der Waals surface area (Å²) in [4.78, 5) is 31.2. The van der Waals surface area contributed by atoms with Gasteiger partial charge in [0, 0.05) is 11.5 Å². The van der Waals surface area contributed by atoms with Crippen LogP contribution in [0.5, 0.6) is 0 Å². The van der Waals surface area contributed by atoms with E-state index in [2.05, 4.69) is 11.9 Å². The predicted octanol–water partition coefficient (Wildman–Crippen LogP) is 7.64. The van der Waals surface area contributed by atoms with Crippen LogP contribution < -0.4 is 0 Å². The second-order valence-electron chi connectivity index (χ2n) is 11.9. The molecule has 0 bridgehead atoms. The van der Waals surface area contributed by atoms with E-state index in [1.165, 1.54) is 4.90 Å². The largest absolute Gasteiger partial charge is 0.392 e. The second-order valence-corrected chi connectivity index (χ2v) is 12.6. The summed E-state index contributed by atoms with van der Waals surface area (Å²) in [7, 11) is 0. The maximum absolute atomic E-state index is 12.9. The number of aliphatic hydroxyl groups is 1. The number of hydrogen-bond donors (Lipinski definition) is 1. The number of aliphatic hydroxyl groups excluding tert-OH is 1. The minimum Gasteiger partial charge on any atom is -0.392 e. The lowest BCUT2D eigenvalue weighted by Crippen LogP contribution is -2.39. The Balaban J connectivity index is 1.12. The Bertz CT molecular complexity index is 1910. The molecule has 1 aromatic heterocycles. The minimum absolute atomic E-state index is 0.0341. The molecule has 1 saturated heterocycles. The quantitative estimate of drug-likeness (QED) is 0.171. The van der Waals surface area contributed by atoms with Crippen molar-refractivity contribution in [3.8, 4) is 11.1 Å². The third-order valence-corrected chi connectivity index (χ3v) is 9.66. The first-order chi connectivity index (χ1) is 22.8. The van der Waals surface area contributed by atoms with E-state index in [0.717, 1.165) is 33.4 Å². The molecule has 238 valence electrons. The minimum atomic E-state index is -0.661. The number of imide groups is 1. The Morgan fingerprint density at radius 3 is 2.11 bits per heavy atom. The van der Waals surface area contributed by atoms with Crippen LogP contribution in [-0.4, -0.2) is 37.5 Å². The monoisotopic (exact) mass is 667 g/mol. The molecule has 5 aromatic rings. The van der Waals surface area contributed by atoms with E-state index in [9.17, 15) is 14.7 Å². The zero-order chi connectivity index (χ0) is 32.7. The maximum Gasteiger partial charge on any atom is 0.261 e. The molecular formula is C37H31Cl2N3O5. The summed E-state index contributed by atoms with van der Waals surface area (Å²) >= 11 is 12.5. The van der Waals surface area contributed by atoms with Gasteiger partial charge < -0.3 is 19.1 Å². The van der Waals surface area contributed by atoms with Gasteiger partial charge in [-0.05, 0) is 46.0 Å². The molecule has 1 fully saturated rings. The molecule has 2 aliphatic rings. The fourth-order valence-corrected chi connectivity index (χ4v) is 6.55. The highest BCUT2D eigenvalue weighted by Crippen LogP contribution is 2.43. The van der Waals surface area contributed by atoms with Crippen molar-refractivity contribution < 1.29 is 24.2 Å². The molecule has 2 amide bonds. The molecule has 47 heavy (non-hydrogen) atoms. The summed E-state index contributed by atoms with van der Waals surface area (Å²) in [6, 6.07) is 30.5. The molecule has 7 rings (SSSR count). The fraction of sp³-hybridized carbons (Fsp3) is 0.216. The number of nitrogens with zero attached hydrogens (tertiary/aromatic N) is 3. The van der Waals surface area contributed by atoms with Gasteiger partial charge in [-0.3, -0.25) is 14.5 Å². The van der Waals surface area contributed by atoms with E-state index in [1.807, 2.05) is 72.8 Å². The highest BCUT2D eigenvalue weighted by atomic mass is 35.5. The first-order valence-electron chi connectivity index (χ1n) is 15.3. The van der Waals surface area contributed by atoms with Crippen molar-refractivity contribution >= 4 is 35.0 Å². The SMILES string of the molecule is CC1C(Cn2cnc(Cl)c2Cl)OC(c2ccc(-c3cccc(CN4C(=O)c5ccccc5C4=O)c3)cc2)OC1c1ccc(CO)cc1. The van der Waals surface area contributed by atoms with Gasteiger partial charge in [-0.1, -0.05) is 109 Å². The number of imidazole rings is 1. The first-order valence-corrected chi connectivity index (χ1v) is 16.1. The number of ether oxygens (including phenoxy) is 2. The van der Waals surface area contributed by atoms with E-state index in [-0.39, 0.29) is 48.2 Å². The number of amides is 2. The third kappa shape index (κ3) is 6.11. The van der Waals surface area contributed by atoms with E-state index < -0.39 is 6.29 Å². The van der Waals surface area contributed by atoms with Gasteiger partial charge >= 0.3 is 0 Å². The van der Waals surface area contributed by atoms with Crippen LogP contribution >= 0.6 is 23.2 Å². The standard InChI is InChI=1S/C37H31Cl2N3O5/c1-22-31(19-41-21-40-33(38)34(41)39)46-37(47-32(22)26-11-9-23(20-43)10-12-26)27-15-13-25(14-16-27)28-6-4-5-24(17-28)18-42-35(44)29-7-2-3-8-30(29)36(42)45/h2-17,21-22,31-32,37,43H,18-20H2,1H3. The Kier molecular flexibility index (Phi) is 8.70. The summed E-state index contributed by atoms with van der Waals surface area (Å²) in [5.74, 6) is -0.601. The average Bonchev–Trinajstić information content (AvgIpc) is 3.55. The van der Waals surface area contributed by atoms with Gasteiger partial charge in [-0.15, -0.1) is 0 Å². The average molecular weight is 669 g/mol. The van der Waals surface area contributed by atoms with Crippen molar-refractivity contribution in [2.24, 2.45) is 5.92 Å². The van der Waals surface area contributed by atoms with Gasteiger partial charge in [0.15, 0.2) is 11.4 Å². The van der Waals surface area contributed by atoms with Crippen LogP contribution in [0.3, 0.4) is 0 Å². The lowest BCUT2D eigenvalue weighted by Gasteiger charge is -2.41. The summed E-state index contributed by atoms with van der Waals surface area (Å²) in [5, 5.41) is 10.1. The van der Waals surface area contributed by atoms with Crippen molar-refractivity contribution in [2.45, 2.75) is 45.1 Å². The van der Waals surface area contributed by atoms with Crippen LogP contribution in [0.25, 0.3) is 11.1 Å². The van der Waals surface area contributed by atoms with Gasteiger partial charge in [-0.2, -0.15) is 0 Å². The van der Waals surface area contributed by atoms with Crippen LogP contribution in [-0.2, 0) is 29.2 Å². The highest BCUT2D eigenvalue weighted by molar-refractivity contribution is 6.40. The van der Waals surface area contributed by atoms with Gasteiger partial charge in [0.2, 0.25) is 0 Å². The molecule has 2 aliphatic heterocycles. The van der Waals surface area contributed by atoms with Gasteiger partial charge in [-0.25, -0.2) is 4.98 Å². The molecule has 4 unspecified atom stereocenters. The van der Waals surface area contributed by atoms with Gasteiger partial charge in [0.25, 0.3) is 11.8 Å². The molecule has 0 saturated carbocycles. The Hall–Kier alpha value is -4.31. The molecule has 0 aliphatic carbocycles. The number of carbonyl (C=O) groups excluding carboxylic acids is 2. The zero-order valence-corrected chi connectivity index (χ0v) is 26.9. The smallest absolute Gasteiger partial charge is 0.261 e. The number of hydrogen-bond acceptors (Lipinski definition) is 6. The lowest BCUT2D eigenvalue weighted by atomic mass is 9.90. The predicted molar refractivity (Wildman–Crippen MR) is 178 cm³/mol. The van der Waals surface area contributed by atoms with E-state index in [1.54, 1.807) is 35.2 Å². The highest BCUT2D eigenvalue weighted by Gasteiger charge is 2.39. The van der Waals surface area contributed by atoms with E-state index >= 15 is 0 Å². The van der Waals surface area contributed by atoms with Crippen LogP contribution in [0.4, 0.5) is 0 Å². The second kappa shape index (κ2) is 13.1. The van der Waals surface area contributed by atoms with Crippen LogP contribution in [0.15, 0.2) is 103 Å². The van der Waals surface area contributed by atoms with Gasteiger partial charge in [0.1, 0.15) is 5.15 Å². The maximum atomic E-state index is 12.9. The molecule has 4 aromatic carbocycles. The molecule has 1 N–H and O–H groups in total. The molecule has 3 heterocycles. The fourth-order valence-electron chi connectivity index (χ4n) is 6.24. The third-order valence-electron chi connectivity index (χ3n) is 8.89. The van der Waals surface area contributed by atoms with Crippen LogP contribution in [0.1, 0.15) is 62.3 Å². The Labute approximate surface area is 282 Å². The van der Waals surface area contributed by atoms with Crippen LogP contribution in [0, 0.1) is 5.92 Å². The van der Waals surface area contributed by atoms with Crippen molar-refractivity contribution in [1.29, 1.82) is 0 Å². The molecule has 0 spiro atoms. The normalized spacial score (nSPS) is 20.9. The van der Waals surface area contributed by atoms with Crippen LogP contribution in [0.2, 0.25) is 10.3 Å². The van der Waals surface area contributed by atoms with E-state index in [4.69, 9.17) is 32.7 Å². The topological polar surface area (TPSA) is 93.9 Å². The summed E-state index contributed by atoms with van der Waals surface area (Å²) in [6.45, 7) is 2.67. The molecule has 8 nitrogen and oxygen atoms in total. The molecule has 10 heteroatoms. The summed E-state index contributed by atoms with van der Waals surface area (Å²) in [6.07, 6.45) is 0.374.